The Balaban J connectivity index is 2.66. The first kappa shape index (κ1) is 8.74. The second-order valence-corrected chi connectivity index (χ2v) is 2.93. The zero-order valence-corrected chi connectivity index (χ0v) is 7.50. The van der Waals surface area contributed by atoms with Crippen LogP contribution in [-0.4, -0.2) is 4.98 Å². The Morgan fingerprint density at radius 2 is 2.07 bits per heavy atom. The molecule has 0 bridgehead atoms. The average molecular weight is 193 g/mol. The Morgan fingerprint density at radius 1 is 1.36 bits per heavy atom. The van der Waals surface area contributed by atoms with E-state index < -0.39 is 5.76 Å². The third kappa shape index (κ3) is 1.35. The van der Waals surface area contributed by atoms with Crippen LogP contribution >= 0.6 is 0 Å². The predicted molar refractivity (Wildman–Crippen MR) is 49.5 cm³/mol. The lowest BCUT2D eigenvalue weighted by Gasteiger charge is -1.98. The predicted octanol–water partition coefficient (Wildman–Crippen LogP) is 2.08. The van der Waals surface area contributed by atoms with Gasteiger partial charge in [0.1, 0.15) is 11.6 Å². The second kappa shape index (κ2) is 3.14. The molecule has 1 aromatic carbocycles. The minimum atomic E-state index is -0.569. The summed E-state index contributed by atoms with van der Waals surface area (Å²) in [5.41, 5.74) is 0.740. The van der Waals surface area contributed by atoms with E-state index in [-0.39, 0.29) is 5.82 Å². The van der Waals surface area contributed by atoms with Gasteiger partial charge in [-0.25, -0.2) is 9.18 Å². The summed E-state index contributed by atoms with van der Waals surface area (Å²) in [5, 5.41) is 0. The van der Waals surface area contributed by atoms with E-state index in [9.17, 15) is 9.18 Å². The molecular weight excluding hydrogens is 185 g/mol. The molecule has 0 amide bonds. The summed E-state index contributed by atoms with van der Waals surface area (Å²) >= 11 is 0. The summed E-state index contributed by atoms with van der Waals surface area (Å²) in [4.78, 5) is 13.3. The molecular formula is C10H8FNO2. The molecule has 0 aliphatic heterocycles. The molecule has 4 heteroatoms. The monoisotopic (exact) mass is 193 g/mol. The van der Waals surface area contributed by atoms with Crippen LogP contribution in [0.1, 0.15) is 5.76 Å². The molecule has 0 unspecified atom stereocenters. The van der Waals surface area contributed by atoms with Crippen LogP contribution in [-0.2, 0) is 0 Å². The SMILES string of the molecule is Cc1oc(=O)[nH]c1-c1ccccc1F. The maximum atomic E-state index is 13.3. The summed E-state index contributed by atoms with van der Waals surface area (Å²) in [6, 6.07) is 6.21. The van der Waals surface area contributed by atoms with Crippen LogP contribution in [0.15, 0.2) is 33.5 Å². The van der Waals surface area contributed by atoms with Gasteiger partial charge in [-0.3, -0.25) is 4.98 Å². The summed E-state index contributed by atoms with van der Waals surface area (Å²) in [5.74, 6) is -0.562. The maximum absolute atomic E-state index is 13.3. The van der Waals surface area contributed by atoms with E-state index in [0.29, 0.717) is 17.0 Å². The first-order chi connectivity index (χ1) is 6.68. The number of H-pyrrole nitrogens is 1. The molecule has 0 aliphatic carbocycles. The van der Waals surface area contributed by atoms with Gasteiger partial charge in [0.25, 0.3) is 0 Å². The van der Waals surface area contributed by atoms with Gasteiger partial charge in [0.05, 0.1) is 5.69 Å². The fourth-order valence-corrected chi connectivity index (χ4v) is 1.33. The maximum Gasteiger partial charge on any atom is 0.416 e. The third-order valence-electron chi connectivity index (χ3n) is 1.97. The highest BCUT2D eigenvalue weighted by atomic mass is 19.1. The highest BCUT2D eigenvalue weighted by Crippen LogP contribution is 2.22. The summed E-state index contributed by atoms with van der Waals surface area (Å²) in [7, 11) is 0. The van der Waals surface area contributed by atoms with Crippen molar-refractivity contribution in [2.75, 3.05) is 0 Å². The third-order valence-corrected chi connectivity index (χ3v) is 1.97. The van der Waals surface area contributed by atoms with Crippen LogP contribution in [0.5, 0.6) is 0 Å². The fraction of sp³-hybridized carbons (Fsp3) is 0.100. The lowest BCUT2D eigenvalue weighted by Crippen LogP contribution is -1.95. The van der Waals surface area contributed by atoms with Crippen molar-refractivity contribution in [3.05, 3.63) is 46.4 Å². The van der Waals surface area contributed by atoms with E-state index >= 15 is 0 Å². The van der Waals surface area contributed by atoms with Crippen LogP contribution in [0.25, 0.3) is 11.3 Å². The van der Waals surface area contributed by atoms with Gasteiger partial charge in [0, 0.05) is 5.56 Å². The number of benzene rings is 1. The van der Waals surface area contributed by atoms with Crippen LogP contribution < -0.4 is 5.76 Å². The number of hydrogen-bond acceptors (Lipinski definition) is 2. The Bertz CT molecular complexity index is 513. The molecule has 2 rings (SSSR count). The van der Waals surface area contributed by atoms with E-state index in [2.05, 4.69) is 4.98 Å². The number of oxazole rings is 1. The molecule has 0 saturated heterocycles. The van der Waals surface area contributed by atoms with E-state index in [1.54, 1.807) is 25.1 Å². The molecule has 2 aromatic rings. The highest BCUT2D eigenvalue weighted by molar-refractivity contribution is 5.61. The number of aryl methyl sites for hydroxylation is 1. The molecule has 1 aromatic heterocycles. The van der Waals surface area contributed by atoms with Crippen molar-refractivity contribution in [3.8, 4) is 11.3 Å². The van der Waals surface area contributed by atoms with Crippen molar-refractivity contribution < 1.29 is 8.81 Å². The molecule has 1 N–H and O–H groups in total. The van der Waals surface area contributed by atoms with Gasteiger partial charge >= 0.3 is 5.76 Å². The van der Waals surface area contributed by atoms with E-state index in [1.165, 1.54) is 6.07 Å². The van der Waals surface area contributed by atoms with Crippen LogP contribution in [0.2, 0.25) is 0 Å². The molecule has 14 heavy (non-hydrogen) atoms. The van der Waals surface area contributed by atoms with Crippen LogP contribution in [0.3, 0.4) is 0 Å². The number of aromatic nitrogens is 1. The van der Waals surface area contributed by atoms with E-state index in [0.717, 1.165) is 0 Å². The van der Waals surface area contributed by atoms with Gasteiger partial charge in [-0.1, -0.05) is 12.1 Å². The molecule has 0 fully saturated rings. The van der Waals surface area contributed by atoms with Gasteiger partial charge in [-0.05, 0) is 19.1 Å². The van der Waals surface area contributed by atoms with Gasteiger partial charge in [-0.2, -0.15) is 0 Å². The Kier molecular flexibility index (Phi) is 1.96. The van der Waals surface area contributed by atoms with Crippen LogP contribution in [0.4, 0.5) is 4.39 Å². The van der Waals surface area contributed by atoms with E-state index in [4.69, 9.17) is 4.42 Å². The second-order valence-electron chi connectivity index (χ2n) is 2.93. The number of aromatic amines is 1. The molecule has 0 atom stereocenters. The summed E-state index contributed by atoms with van der Waals surface area (Å²) in [6.07, 6.45) is 0. The zero-order valence-electron chi connectivity index (χ0n) is 7.50. The highest BCUT2D eigenvalue weighted by Gasteiger charge is 2.11. The molecule has 0 radical (unpaired) electrons. The van der Waals surface area contributed by atoms with Crippen molar-refractivity contribution in [1.82, 2.24) is 4.98 Å². The van der Waals surface area contributed by atoms with Gasteiger partial charge in [0.2, 0.25) is 0 Å². The van der Waals surface area contributed by atoms with Crippen molar-refractivity contribution in [2.24, 2.45) is 0 Å². The normalized spacial score (nSPS) is 10.4. The fourth-order valence-electron chi connectivity index (χ4n) is 1.33. The molecule has 1 heterocycles. The minimum absolute atomic E-state index is 0.343. The molecule has 0 spiro atoms. The Morgan fingerprint density at radius 3 is 2.64 bits per heavy atom. The van der Waals surface area contributed by atoms with Crippen molar-refractivity contribution in [3.63, 3.8) is 0 Å². The van der Waals surface area contributed by atoms with Gasteiger partial charge in [-0.15, -0.1) is 0 Å². The van der Waals surface area contributed by atoms with Gasteiger partial charge < -0.3 is 4.42 Å². The quantitative estimate of drug-likeness (QED) is 0.753. The first-order valence-corrected chi connectivity index (χ1v) is 4.13. The number of hydrogen-bond donors (Lipinski definition) is 1. The minimum Gasteiger partial charge on any atom is -0.413 e. The zero-order chi connectivity index (χ0) is 10.1. The first-order valence-electron chi connectivity index (χ1n) is 4.13. The summed E-state index contributed by atoms with van der Waals surface area (Å²) < 4.78 is 18.0. The van der Waals surface area contributed by atoms with Crippen molar-refractivity contribution >= 4 is 0 Å². The average Bonchev–Trinajstić information content (AvgIpc) is 2.46. The van der Waals surface area contributed by atoms with Gasteiger partial charge in [0.15, 0.2) is 0 Å². The van der Waals surface area contributed by atoms with Crippen LogP contribution in [0, 0.1) is 12.7 Å². The largest absolute Gasteiger partial charge is 0.416 e. The van der Waals surface area contributed by atoms with Crippen molar-refractivity contribution in [2.45, 2.75) is 6.92 Å². The molecule has 0 saturated carbocycles. The number of rotatable bonds is 1. The standard InChI is InChI=1S/C10H8FNO2/c1-6-9(12-10(13)14-6)7-4-2-3-5-8(7)11/h2-5H,1H3,(H,12,13). The summed E-state index contributed by atoms with van der Waals surface area (Å²) in [6.45, 7) is 1.61. The van der Waals surface area contributed by atoms with E-state index in [1.807, 2.05) is 0 Å². The topological polar surface area (TPSA) is 46.0 Å². The Labute approximate surface area is 79.2 Å². The smallest absolute Gasteiger partial charge is 0.413 e. The lowest BCUT2D eigenvalue weighted by molar-refractivity contribution is 0.488. The number of halogens is 1. The van der Waals surface area contributed by atoms with Crippen molar-refractivity contribution in [1.29, 1.82) is 0 Å². The lowest BCUT2D eigenvalue weighted by atomic mass is 10.1. The molecule has 0 aliphatic rings. The Hall–Kier alpha value is -1.84. The number of nitrogens with one attached hydrogen (secondary N) is 1. The molecule has 3 nitrogen and oxygen atoms in total. The molecule has 72 valence electrons.